The molecule has 0 saturated heterocycles. The van der Waals surface area contributed by atoms with Crippen LogP contribution < -0.4 is 5.73 Å². The average Bonchev–Trinajstić information content (AvgIpc) is 2.18. The summed E-state index contributed by atoms with van der Waals surface area (Å²) in [5, 5.41) is 0. The number of anilines is 1. The lowest BCUT2D eigenvalue weighted by Gasteiger charge is -2.14. The summed E-state index contributed by atoms with van der Waals surface area (Å²) in [7, 11) is -2.05. The smallest absolute Gasteiger partial charge is 0.243 e. The minimum Gasteiger partial charge on any atom is -0.399 e. The molecule has 80 valence electrons. The van der Waals surface area contributed by atoms with Crippen molar-refractivity contribution >= 4 is 15.7 Å². The molecule has 4 nitrogen and oxygen atoms in total. The van der Waals surface area contributed by atoms with Gasteiger partial charge < -0.3 is 5.73 Å². The molecule has 0 radical (unpaired) electrons. The molecule has 0 saturated carbocycles. The van der Waals surface area contributed by atoms with Crippen molar-refractivity contribution in [3.8, 4) is 12.3 Å². The van der Waals surface area contributed by atoms with Crippen molar-refractivity contribution in [3.05, 3.63) is 24.3 Å². The Morgan fingerprint density at radius 1 is 1.40 bits per heavy atom. The Hall–Kier alpha value is -1.51. The quantitative estimate of drug-likeness (QED) is 0.601. The van der Waals surface area contributed by atoms with Gasteiger partial charge in [0.15, 0.2) is 0 Å². The molecule has 0 spiro atoms. The van der Waals surface area contributed by atoms with Gasteiger partial charge in [0, 0.05) is 12.7 Å². The predicted molar refractivity (Wildman–Crippen MR) is 59.5 cm³/mol. The summed E-state index contributed by atoms with van der Waals surface area (Å²) < 4.78 is 24.8. The highest BCUT2D eigenvalue weighted by atomic mass is 32.2. The number of hydrogen-bond donors (Lipinski definition) is 1. The van der Waals surface area contributed by atoms with Gasteiger partial charge >= 0.3 is 0 Å². The SMILES string of the molecule is C#CCN(C)S(=O)(=O)c1ccc(N)cc1. The molecule has 5 heteroatoms. The summed E-state index contributed by atoms with van der Waals surface area (Å²) >= 11 is 0. The van der Waals surface area contributed by atoms with Crippen molar-refractivity contribution in [2.45, 2.75) is 4.90 Å². The highest BCUT2D eigenvalue weighted by Gasteiger charge is 2.19. The van der Waals surface area contributed by atoms with Crippen LogP contribution in [0.25, 0.3) is 0 Å². The molecule has 0 aliphatic carbocycles. The maximum Gasteiger partial charge on any atom is 0.243 e. The summed E-state index contributed by atoms with van der Waals surface area (Å²) in [6, 6.07) is 5.99. The van der Waals surface area contributed by atoms with Crippen LogP contribution in [0.1, 0.15) is 0 Å². The van der Waals surface area contributed by atoms with E-state index in [0.717, 1.165) is 4.31 Å². The van der Waals surface area contributed by atoms with E-state index in [2.05, 4.69) is 5.92 Å². The largest absolute Gasteiger partial charge is 0.399 e. The second-order valence-electron chi connectivity index (χ2n) is 3.03. The second kappa shape index (κ2) is 4.34. The summed E-state index contributed by atoms with van der Waals surface area (Å²) in [5.41, 5.74) is 5.99. The normalized spacial score (nSPS) is 11.3. The molecule has 1 aromatic rings. The highest BCUT2D eigenvalue weighted by Crippen LogP contribution is 2.15. The average molecular weight is 224 g/mol. The Labute approximate surface area is 89.8 Å². The Morgan fingerprint density at radius 2 is 1.93 bits per heavy atom. The summed E-state index contributed by atoms with van der Waals surface area (Å²) in [5.74, 6) is 2.28. The van der Waals surface area contributed by atoms with Crippen LogP contribution in [-0.2, 0) is 10.0 Å². The molecular formula is C10H12N2O2S. The monoisotopic (exact) mass is 224 g/mol. The van der Waals surface area contributed by atoms with Gasteiger partial charge in [-0.3, -0.25) is 0 Å². The van der Waals surface area contributed by atoms with Crippen LogP contribution in [-0.4, -0.2) is 26.3 Å². The first-order valence-corrected chi connectivity index (χ1v) is 5.68. The van der Waals surface area contributed by atoms with Crippen LogP contribution in [0.5, 0.6) is 0 Å². The van der Waals surface area contributed by atoms with Crippen molar-refractivity contribution < 1.29 is 8.42 Å². The van der Waals surface area contributed by atoms with Crippen LogP contribution in [0.15, 0.2) is 29.2 Å². The third-order valence-electron chi connectivity index (χ3n) is 1.90. The van der Waals surface area contributed by atoms with Crippen molar-refractivity contribution in [1.29, 1.82) is 0 Å². The molecule has 0 aromatic heterocycles. The van der Waals surface area contributed by atoms with E-state index in [4.69, 9.17) is 12.2 Å². The molecule has 0 amide bonds. The molecule has 0 fully saturated rings. The highest BCUT2D eigenvalue weighted by molar-refractivity contribution is 7.89. The van der Waals surface area contributed by atoms with Crippen molar-refractivity contribution in [2.24, 2.45) is 0 Å². The van der Waals surface area contributed by atoms with Gasteiger partial charge in [-0.2, -0.15) is 4.31 Å². The molecule has 0 aliphatic rings. The molecular weight excluding hydrogens is 212 g/mol. The fourth-order valence-corrected chi connectivity index (χ4v) is 2.12. The number of sulfonamides is 1. The van der Waals surface area contributed by atoms with Crippen molar-refractivity contribution in [2.75, 3.05) is 19.3 Å². The summed E-state index contributed by atoms with van der Waals surface area (Å²) in [4.78, 5) is 0.189. The summed E-state index contributed by atoms with van der Waals surface area (Å²) in [6.45, 7) is 0.0483. The number of terminal acetylenes is 1. The van der Waals surface area contributed by atoms with Crippen molar-refractivity contribution in [3.63, 3.8) is 0 Å². The summed E-state index contributed by atoms with van der Waals surface area (Å²) in [6.07, 6.45) is 5.05. The topological polar surface area (TPSA) is 63.4 Å². The van der Waals surface area contributed by atoms with Crippen LogP contribution in [0.4, 0.5) is 5.69 Å². The van der Waals surface area contributed by atoms with Gasteiger partial charge in [-0.15, -0.1) is 6.42 Å². The molecule has 0 heterocycles. The molecule has 0 unspecified atom stereocenters. The van der Waals surface area contributed by atoms with Gasteiger partial charge in [0.25, 0.3) is 0 Å². The van der Waals surface area contributed by atoms with E-state index < -0.39 is 10.0 Å². The standard InChI is InChI=1S/C10H12N2O2S/c1-3-8-12(2)15(13,14)10-6-4-9(11)5-7-10/h1,4-7H,8,11H2,2H3. The van der Waals surface area contributed by atoms with Gasteiger partial charge in [0.2, 0.25) is 10.0 Å². The Balaban J connectivity index is 3.07. The number of nitrogen functional groups attached to an aromatic ring is 1. The molecule has 15 heavy (non-hydrogen) atoms. The van der Waals surface area contributed by atoms with E-state index in [1.165, 1.54) is 31.3 Å². The van der Waals surface area contributed by atoms with E-state index >= 15 is 0 Å². The van der Waals surface area contributed by atoms with E-state index in [-0.39, 0.29) is 11.4 Å². The lowest BCUT2D eigenvalue weighted by atomic mass is 10.3. The minimum atomic E-state index is -3.48. The molecule has 1 aromatic carbocycles. The molecule has 0 aliphatic heterocycles. The zero-order chi connectivity index (χ0) is 11.5. The second-order valence-corrected chi connectivity index (χ2v) is 5.08. The lowest BCUT2D eigenvalue weighted by molar-refractivity contribution is 0.503. The fraction of sp³-hybridized carbons (Fsp3) is 0.200. The third-order valence-corrected chi connectivity index (χ3v) is 3.72. The van der Waals surface area contributed by atoms with E-state index in [1.54, 1.807) is 0 Å². The van der Waals surface area contributed by atoms with E-state index in [9.17, 15) is 8.42 Å². The van der Waals surface area contributed by atoms with Gasteiger partial charge in [-0.1, -0.05) is 5.92 Å². The van der Waals surface area contributed by atoms with Crippen LogP contribution in [0.3, 0.4) is 0 Å². The number of nitrogens with zero attached hydrogens (tertiary/aromatic N) is 1. The van der Waals surface area contributed by atoms with Crippen LogP contribution >= 0.6 is 0 Å². The Bertz CT molecular complexity index is 471. The first kappa shape index (κ1) is 11.6. The number of nitrogens with two attached hydrogens (primary N) is 1. The number of benzene rings is 1. The fourth-order valence-electron chi connectivity index (χ4n) is 1.03. The van der Waals surface area contributed by atoms with E-state index in [0.29, 0.717) is 5.69 Å². The molecule has 1 rings (SSSR count). The third kappa shape index (κ3) is 2.49. The minimum absolute atomic E-state index is 0.0483. The molecule has 0 bridgehead atoms. The Morgan fingerprint density at radius 3 is 2.40 bits per heavy atom. The molecule has 2 N–H and O–H groups in total. The van der Waals surface area contributed by atoms with Crippen LogP contribution in [0.2, 0.25) is 0 Å². The van der Waals surface area contributed by atoms with E-state index in [1.807, 2.05) is 0 Å². The maximum absolute atomic E-state index is 11.8. The zero-order valence-corrected chi connectivity index (χ0v) is 9.16. The number of rotatable bonds is 3. The van der Waals surface area contributed by atoms with Gasteiger partial charge in [0.1, 0.15) is 0 Å². The maximum atomic E-state index is 11.8. The Kier molecular flexibility index (Phi) is 3.35. The predicted octanol–water partition coefficient (Wildman–Crippen LogP) is 0.523. The van der Waals surface area contributed by atoms with Crippen LogP contribution in [0, 0.1) is 12.3 Å². The number of hydrogen-bond acceptors (Lipinski definition) is 3. The first-order valence-electron chi connectivity index (χ1n) is 4.24. The van der Waals surface area contributed by atoms with Gasteiger partial charge in [-0.25, -0.2) is 8.42 Å². The van der Waals surface area contributed by atoms with Gasteiger partial charge in [-0.05, 0) is 24.3 Å². The zero-order valence-electron chi connectivity index (χ0n) is 8.34. The lowest BCUT2D eigenvalue weighted by Crippen LogP contribution is -2.27. The molecule has 0 atom stereocenters. The van der Waals surface area contributed by atoms with Crippen molar-refractivity contribution in [1.82, 2.24) is 4.31 Å². The van der Waals surface area contributed by atoms with Gasteiger partial charge in [0.05, 0.1) is 11.4 Å². The first-order chi connectivity index (χ1) is 6.98.